The average molecular weight is 421 g/mol. The summed E-state index contributed by atoms with van der Waals surface area (Å²) in [7, 11) is 0. The molecule has 0 aliphatic carbocycles. The molecule has 1 aromatic rings. The number of carbonyl (C=O) groups is 1. The maximum Gasteiger partial charge on any atom is 0.273 e. The van der Waals surface area contributed by atoms with Gasteiger partial charge in [-0.1, -0.05) is 101 Å². The van der Waals surface area contributed by atoms with Crippen molar-refractivity contribution in [2.45, 2.75) is 100 Å². The fourth-order valence-electron chi connectivity index (χ4n) is 3.23. The van der Waals surface area contributed by atoms with Crippen LogP contribution in [0.2, 0.25) is 0 Å². The molecule has 1 aromatic carbocycles. The normalized spacial score (nSPS) is 16.4. The molecule has 172 valence electrons. The van der Waals surface area contributed by atoms with E-state index in [1.807, 2.05) is 52.5 Å². The van der Waals surface area contributed by atoms with Crippen molar-refractivity contribution in [1.29, 1.82) is 0 Å². The number of benzene rings is 1. The van der Waals surface area contributed by atoms with Gasteiger partial charge in [0, 0.05) is 29.6 Å². The minimum Gasteiger partial charge on any atom is -0.339 e. The van der Waals surface area contributed by atoms with Gasteiger partial charge >= 0.3 is 0 Å². The number of carbonyl (C=O) groups excluding carboxylic acids is 1. The van der Waals surface area contributed by atoms with Crippen molar-refractivity contribution < 1.29 is 9.72 Å². The summed E-state index contributed by atoms with van der Waals surface area (Å²) in [6, 6.07) is 7.30. The molecule has 2 rings (SSSR count). The minimum atomic E-state index is -0.333. The van der Waals surface area contributed by atoms with Crippen molar-refractivity contribution in [3.8, 4) is 0 Å². The lowest BCUT2D eigenvalue weighted by molar-refractivity contribution is -0.386. The fourth-order valence-corrected chi connectivity index (χ4v) is 3.23. The summed E-state index contributed by atoms with van der Waals surface area (Å²) >= 11 is 0. The first kappa shape index (κ1) is 28.1. The Morgan fingerprint density at radius 3 is 1.77 bits per heavy atom. The fraction of sp³-hybridized carbons (Fsp3) is 0.720. The summed E-state index contributed by atoms with van der Waals surface area (Å²) in [5.74, 6) is 0.295. The molecule has 1 unspecified atom stereocenters. The molecule has 0 saturated carbocycles. The Morgan fingerprint density at radius 1 is 1.03 bits per heavy atom. The van der Waals surface area contributed by atoms with Crippen LogP contribution in [-0.2, 0) is 10.2 Å². The maximum absolute atomic E-state index is 12.0. The summed E-state index contributed by atoms with van der Waals surface area (Å²) in [4.78, 5) is 24.4. The van der Waals surface area contributed by atoms with Gasteiger partial charge in [0.15, 0.2) is 0 Å². The molecule has 0 N–H and O–H groups in total. The number of nitro benzene ring substituents is 1. The summed E-state index contributed by atoms with van der Waals surface area (Å²) in [6.45, 7) is 23.7. The van der Waals surface area contributed by atoms with E-state index < -0.39 is 0 Å². The highest BCUT2D eigenvalue weighted by Gasteiger charge is 2.42. The molecule has 1 aliphatic rings. The Bertz CT molecular complexity index is 692. The summed E-state index contributed by atoms with van der Waals surface area (Å²) < 4.78 is 0. The summed E-state index contributed by atoms with van der Waals surface area (Å²) in [6.07, 6.45) is 2.41. The third kappa shape index (κ3) is 8.45. The maximum atomic E-state index is 12.0. The quantitative estimate of drug-likeness (QED) is 0.363. The van der Waals surface area contributed by atoms with Gasteiger partial charge in [-0.05, 0) is 17.3 Å². The van der Waals surface area contributed by atoms with E-state index in [2.05, 4.69) is 34.6 Å². The Hall–Kier alpha value is -1.91. The highest BCUT2D eigenvalue weighted by Crippen LogP contribution is 2.36. The van der Waals surface area contributed by atoms with Crippen LogP contribution in [0.25, 0.3) is 0 Å². The van der Waals surface area contributed by atoms with Gasteiger partial charge in [0.05, 0.1) is 4.92 Å². The van der Waals surface area contributed by atoms with Crippen LogP contribution in [0.4, 0.5) is 5.69 Å². The first-order valence-electron chi connectivity index (χ1n) is 11.0. The second-order valence-electron chi connectivity index (χ2n) is 11.2. The highest BCUT2D eigenvalue weighted by molar-refractivity contribution is 5.82. The van der Waals surface area contributed by atoms with Crippen molar-refractivity contribution >= 4 is 11.6 Å². The number of likely N-dealkylation sites (tertiary alicyclic amines) is 1. The number of para-hydroxylation sites is 1. The van der Waals surface area contributed by atoms with Crippen molar-refractivity contribution in [3.63, 3.8) is 0 Å². The average Bonchev–Trinajstić information content (AvgIpc) is 2.51. The van der Waals surface area contributed by atoms with Crippen LogP contribution in [0, 0.1) is 20.9 Å². The largest absolute Gasteiger partial charge is 0.339 e. The van der Waals surface area contributed by atoms with E-state index in [-0.39, 0.29) is 26.9 Å². The molecule has 1 amide bonds. The molecule has 30 heavy (non-hydrogen) atoms. The van der Waals surface area contributed by atoms with Crippen molar-refractivity contribution in [3.05, 3.63) is 39.9 Å². The number of amides is 1. The van der Waals surface area contributed by atoms with E-state index >= 15 is 0 Å². The zero-order valence-electron chi connectivity index (χ0n) is 21.1. The molecule has 0 aromatic heterocycles. The lowest BCUT2D eigenvalue weighted by Crippen LogP contribution is -2.59. The molecule has 5 nitrogen and oxygen atoms in total. The van der Waals surface area contributed by atoms with Crippen LogP contribution < -0.4 is 0 Å². The molecular formula is C25H44N2O3. The molecule has 1 heterocycles. The molecule has 0 bridgehead atoms. The van der Waals surface area contributed by atoms with Crippen LogP contribution >= 0.6 is 0 Å². The highest BCUT2D eigenvalue weighted by atomic mass is 16.6. The third-order valence-corrected chi connectivity index (χ3v) is 4.83. The number of hydrogen-bond donors (Lipinski definition) is 0. The van der Waals surface area contributed by atoms with Gasteiger partial charge in [0.1, 0.15) is 0 Å². The van der Waals surface area contributed by atoms with Gasteiger partial charge in [-0.15, -0.1) is 0 Å². The standard InChI is InChI=1S/C12H23NO.C10H13NO2.C3H8/c1-11(2,3)9-7-8-13(9)10(14)12(4,5)6;1-10(2,3)8-6-4-5-7-9(8)11(12)13;1-3-2/h9H,7-8H2,1-6H3;4-7H,1-3H3;3H2,1-2H3. The number of nitrogens with zero attached hydrogens (tertiary/aromatic N) is 2. The monoisotopic (exact) mass is 420 g/mol. The molecule has 1 fully saturated rings. The van der Waals surface area contributed by atoms with Gasteiger partial charge in [-0.25, -0.2) is 0 Å². The topological polar surface area (TPSA) is 63.5 Å². The lowest BCUT2D eigenvalue weighted by Gasteiger charge is -2.50. The second kappa shape index (κ2) is 10.9. The Morgan fingerprint density at radius 2 is 1.50 bits per heavy atom. The first-order valence-corrected chi connectivity index (χ1v) is 11.0. The van der Waals surface area contributed by atoms with E-state index in [0.717, 1.165) is 18.5 Å². The number of nitro groups is 1. The van der Waals surface area contributed by atoms with E-state index in [4.69, 9.17) is 0 Å². The van der Waals surface area contributed by atoms with Gasteiger partial charge in [-0.2, -0.15) is 0 Å². The predicted octanol–water partition coefficient (Wildman–Crippen LogP) is 6.99. The molecule has 0 spiro atoms. The second-order valence-corrected chi connectivity index (χ2v) is 11.2. The summed E-state index contributed by atoms with van der Waals surface area (Å²) in [5.41, 5.74) is 0.794. The van der Waals surface area contributed by atoms with Gasteiger partial charge in [0.25, 0.3) is 5.69 Å². The van der Waals surface area contributed by atoms with Gasteiger partial charge in [0.2, 0.25) is 5.91 Å². The van der Waals surface area contributed by atoms with Gasteiger partial charge in [-0.3, -0.25) is 14.9 Å². The number of rotatable bonds is 1. The first-order chi connectivity index (χ1) is 13.5. The molecule has 0 radical (unpaired) electrons. The Kier molecular flexibility index (Phi) is 10.2. The zero-order valence-corrected chi connectivity index (χ0v) is 21.1. The van der Waals surface area contributed by atoms with Gasteiger partial charge < -0.3 is 4.90 Å². The van der Waals surface area contributed by atoms with Crippen molar-refractivity contribution in [2.24, 2.45) is 10.8 Å². The molecular weight excluding hydrogens is 376 g/mol. The SMILES string of the molecule is CC(C)(C)C(=O)N1CCC1C(C)(C)C.CC(C)(C)c1ccccc1[N+](=O)[O-].CCC. The van der Waals surface area contributed by atoms with Crippen LogP contribution in [0.5, 0.6) is 0 Å². The van der Waals surface area contributed by atoms with Crippen LogP contribution in [0.3, 0.4) is 0 Å². The van der Waals surface area contributed by atoms with Crippen LogP contribution in [0.15, 0.2) is 24.3 Å². The molecule has 5 heteroatoms. The molecule has 1 saturated heterocycles. The smallest absolute Gasteiger partial charge is 0.273 e. The third-order valence-electron chi connectivity index (χ3n) is 4.83. The molecule has 1 atom stereocenters. The zero-order chi connectivity index (χ0) is 23.9. The summed E-state index contributed by atoms with van der Waals surface area (Å²) in [5, 5.41) is 10.7. The lowest BCUT2D eigenvalue weighted by atomic mass is 9.77. The van der Waals surface area contributed by atoms with Crippen molar-refractivity contribution in [2.75, 3.05) is 6.54 Å². The number of hydrogen-bond acceptors (Lipinski definition) is 3. The van der Waals surface area contributed by atoms with Crippen molar-refractivity contribution in [1.82, 2.24) is 4.90 Å². The Labute approximate surface area is 184 Å². The van der Waals surface area contributed by atoms with E-state index in [9.17, 15) is 14.9 Å². The van der Waals surface area contributed by atoms with E-state index in [1.165, 1.54) is 6.42 Å². The van der Waals surface area contributed by atoms with Crippen LogP contribution in [-0.4, -0.2) is 28.3 Å². The predicted molar refractivity (Wildman–Crippen MR) is 127 cm³/mol. The van der Waals surface area contributed by atoms with Crippen LogP contribution in [0.1, 0.15) is 94.6 Å². The van der Waals surface area contributed by atoms with E-state index in [1.54, 1.807) is 18.2 Å². The minimum absolute atomic E-state index is 0.177. The molecule has 1 aliphatic heterocycles. The van der Waals surface area contributed by atoms with E-state index in [0.29, 0.717) is 11.9 Å². The Balaban J connectivity index is 0.000000497.